The minimum atomic E-state index is 0.559. The summed E-state index contributed by atoms with van der Waals surface area (Å²) in [7, 11) is 0. The molecule has 6 heteroatoms. The van der Waals surface area contributed by atoms with Gasteiger partial charge < -0.3 is 20.4 Å². The zero-order valence-corrected chi connectivity index (χ0v) is 19.9. The Kier molecular flexibility index (Phi) is 10.6. The van der Waals surface area contributed by atoms with Crippen LogP contribution in [0.15, 0.2) is 35.3 Å². The van der Waals surface area contributed by atoms with Gasteiger partial charge in [-0.05, 0) is 44.7 Å². The SMILES string of the molecule is CCCN1CCC(NC(=NCCCN2CCN(Cc3ccccc3)CC2)NCC)CC1. The summed E-state index contributed by atoms with van der Waals surface area (Å²) in [6, 6.07) is 11.4. The van der Waals surface area contributed by atoms with E-state index >= 15 is 0 Å². The van der Waals surface area contributed by atoms with E-state index in [1.165, 1.54) is 70.6 Å². The molecule has 2 heterocycles. The van der Waals surface area contributed by atoms with Crippen molar-refractivity contribution in [3.8, 4) is 0 Å². The maximum Gasteiger partial charge on any atom is 0.191 e. The van der Waals surface area contributed by atoms with Crippen LogP contribution in [0.2, 0.25) is 0 Å². The van der Waals surface area contributed by atoms with E-state index in [9.17, 15) is 0 Å². The number of hydrogen-bond donors (Lipinski definition) is 2. The first-order valence-corrected chi connectivity index (χ1v) is 12.5. The molecule has 1 aromatic rings. The lowest BCUT2D eigenvalue weighted by Crippen LogP contribution is -2.49. The van der Waals surface area contributed by atoms with Gasteiger partial charge in [-0.2, -0.15) is 0 Å². The number of likely N-dealkylation sites (tertiary alicyclic amines) is 1. The highest BCUT2D eigenvalue weighted by Crippen LogP contribution is 2.11. The second kappa shape index (κ2) is 13.7. The summed E-state index contributed by atoms with van der Waals surface area (Å²) in [4.78, 5) is 12.6. The third-order valence-electron chi connectivity index (χ3n) is 6.43. The van der Waals surface area contributed by atoms with Gasteiger partial charge in [-0.15, -0.1) is 0 Å². The number of hydrogen-bond acceptors (Lipinski definition) is 4. The number of rotatable bonds is 10. The van der Waals surface area contributed by atoms with Crippen LogP contribution in [0.5, 0.6) is 0 Å². The second-order valence-corrected chi connectivity index (χ2v) is 8.98. The summed E-state index contributed by atoms with van der Waals surface area (Å²) in [5.74, 6) is 1.00. The van der Waals surface area contributed by atoms with Gasteiger partial charge in [0.1, 0.15) is 0 Å². The summed E-state index contributed by atoms with van der Waals surface area (Å²) in [5.41, 5.74) is 1.42. The fourth-order valence-corrected chi connectivity index (χ4v) is 4.63. The number of piperidine rings is 1. The molecule has 0 aromatic heterocycles. The molecule has 2 saturated heterocycles. The average molecular weight is 429 g/mol. The number of nitrogens with zero attached hydrogens (tertiary/aromatic N) is 4. The predicted molar refractivity (Wildman–Crippen MR) is 132 cm³/mol. The molecular formula is C25H44N6. The van der Waals surface area contributed by atoms with Crippen LogP contribution < -0.4 is 10.6 Å². The lowest BCUT2D eigenvalue weighted by atomic mass is 10.1. The molecular weight excluding hydrogens is 384 g/mol. The fraction of sp³-hybridized carbons (Fsp3) is 0.720. The molecule has 0 spiro atoms. The monoisotopic (exact) mass is 428 g/mol. The normalized spacial score (nSPS) is 20.1. The molecule has 2 fully saturated rings. The van der Waals surface area contributed by atoms with Crippen molar-refractivity contribution in [2.24, 2.45) is 4.99 Å². The van der Waals surface area contributed by atoms with Crippen molar-refractivity contribution in [1.82, 2.24) is 25.3 Å². The van der Waals surface area contributed by atoms with E-state index in [4.69, 9.17) is 4.99 Å². The van der Waals surface area contributed by atoms with Gasteiger partial charge >= 0.3 is 0 Å². The van der Waals surface area contributed by atoms with E-state index in [1.807, 2.05) is 0 Å². The Hall–Kier alpha value is -1.63. The molecule has 0 saturated carbocycles. The molecule has 3 rings (SSSR count). The molecule has 31 heavy (non-hydrogen) atoms. The summed E-state index contributed by atoms with van der Waals surface area (Å²) in [6.07, 6.45) is 4.82. The second-order valence-electron chi connectivity index (χ2n) is 8.98. The van der Waals surface area contributed by atoms with Crippen molar-refractivity contribution in [2.45, 2.75) is 52.1 Å². The topological polar surface area (TPSA) is 46.1 Å². The third kappa shape index (κ3) is 8.79. The maximum atomic E-state index is 4.86. The van der Waals surface area contributed by atoms with E-state index in [1.54, 1.807) is 0 Å². The van der Waals surface area contributed by atoms with Crippen LogP contribution in [-0.4, -0.2) is 92.1 Å². The van der Waals surface area contributed by atoms with Crippen LogP contribution in [0.3, 0.4) is 0 Å². The highest BCUT2D eigenvalue weighted by molar-refractivity contribution is 5.80. The van der Waals surface area contributed by atoms with Gasteiger partial charge in [0.25, 0.3) is 0 Å². The molecule has 0 unspecified atom stereocenters. The number of benzene rings is 1. The van der Waals surface area contributed by atoms with Crippen molar-refractivity contribution in [2.75, 3.05) is 65.4 Å². The Balaban J connectivity index is 1.31. The fourth-order valence-electron chi connectivity index (χ4n) is 4.63. The van der Waals surface area contributed by atoms with Crippen molar-refractivity contribution >= 4 is 5.96 Å². The van der Waals surface area contributed by atoms with Crippen LogP contribution >= 0.6 is 0 Å². The highest BCUT2D eigenvalue weighted by Gasteiger charge is 2.19. The zero-order chi connectivity index (χ0) is 21.7. The smallest absolute Gasteiger partial charge is 0.191 e. The van der Waals surface area contributed by atoms with E-state index < -0.39 is 0 Å². The number of piperazine rings is 1. The van der Waals surface area contributed by atoms with Gasteiger partial charge in [-0.1, -0.05) is 37.3 Å². The molecule has 0 amide bonds. The number of aliphatic imine (C=N–C) groups is 1. The van der Waals surface area contributed by atoms with E-state index in [2.05, 4.69) is 69.5 Å². The average Bonchev–Trinajstić information content (AvgIpc) is 2.80. The Morgan fingerprint density at radius 3 is 2.26 bits per heavy atom. The molecule has 0 aliphatic carbocycles. The molecule has 2 aliphatic heterocycles. The van der Waals surface area contributed by atoms with E-state index in [0.717, 1.165) is 38.6 Å². The number of guanidine groups is 1. The lowest BCUT2D eigenvalue weighted by molar-refractivity contribution is 0.127. The standard InChI is InChI=1S/C25H44N6/c1-3-14-29-16-11-24(12-17-29)28-25(26-4-2)27-13-8-15-30-18-20-31(21-19-30)22-23-9-6-5-7-10-23/h5-7,9-10,24H,3-4,8,11-22H2,1-2H3,(H2,26,27,28). The summed E-state index contributed by atoms with van der Waals surface area (Å²) < 4.78 is 0. The Morgan fingerprint density at radius 1 is 0.903 bits per heavy atom. The molecule has 1 aromatic carbocycles. The zero-order valence-electron chi connectivity index (χ0n) is 19.9. The van der Waals surface area contributed by atoms with Gasteiger partial charge in [-0.3, -0.25) is 9.89 Å². The molecule has 0 radical (unpaired) electrons. The third-order valence-corrected chi connectivity index (χ3v) is 6.43. The molecule has 0 atom stereocenters. The van der Waals surface area contributed by atoms with Crippen LogP contribution in [-0.2, 0) is 6.54 Å². The van der Waals surface area contributed by atoms with Crippen LogP contribution in [0, 0.1) is 0 Å². The predicted octanol–water partition coefficient (Wildman–Crippen LogP) is 2.62. The quantitative estimate of drug-likeness (QED) is 0.341. The summed E-state index contributed by atoms with van der Waals surface area (Å²) >= 11 is 0. The number of nitrogens with one attached hydrogen (secondary N) is 2. The Bertz CT molecular complexity index is 618. The molecule has 2 N–H and O–H groups in total. The minimum absolute atomic E-state index is 0.559. The van der Waals surface area contributed by atoms with Gasteiger partial charge in [0.2, 0.25) is 0 Å². The van der Waals surface area contributed by atoms with Crippen molar-refractivity contribution in [1.29, 1.82) is 0 Å². The van der Waals surface area contributed by atoms with Gasteiger partial charge in [0.05, 0.1) is 0 Å². The first-order chi connectivity index (χ1) is 15.3. The van der Waals surface area contributed by atoms with E-state index in [0.29, 0.717) is 6.04 Å². The minimum Gasteiger partial charge on any atom is -0.357 e. The highest BCUT2D eigenvalue weighted by atomic mass is 15.3. The van der Waals surface area contributed by atoms with Crippen LogP contribution in [0.1, 0.15) is 45.1 Å². The molecule has 0 bridgehead atoms. The van der Waals surface area contributed by atoms with Crippen LogP contribution in [0.25, 0.3) is 0 Å². The van der Waals surface area contributed by atoms with Gasteiger partial charge in [-0.25, -0.2) is 0 Å². The molecule has 174 valence electrons. The maximum absolute atomic E-state index is 4.86. The largest absolute Gasteiger partial charge is 0.357 e. The van der Waals surface area contributed by atoms with Crippen molar-refractivity contribution in [3.05, 3.63) is 35.9 Å². The Morgan fingerprint density at radius 2 is 1.58 bits per heavy atom. The first-order valence-electron chi connectivity index (χ1n) is 12.5. The summed E-state index contributed by atoms with van der Waals surface area (Å²) in [6.45, 7) is 16.8. The van der Waals surface area contributed by atoms with Crippen molar-refractivity contribution < 1.29 is 0 Å². The van der Waals surface area contributed by atoms with Gasteiger partial charge in [0, 0.05) is 71.5 Å². The van der Waals surface area contributed by atoms with E-state index in [-0.39, 0.29) is 0 Å². The lowest BCUT2D eigenvalue weighted by Gasteiger charge is -2.34. The van der Waals surface area contributed by atoms with Crippen LogP contribution in [0.4, 0.5) is 0 Å². The summed E-state index contributed by atoms with van der Waals surface area (Å²) in [5, 5.41) is 7.12. The van der Waals surface area contributed by atoms with Gasteiger partial charge in [0.15, 0.2) is 5.96 Å². The molecule has 2 aliphatic rings. The van der Waals surface area contributed by atoms with Crippen molar-refractivity contribution in [3.63, 3.8) is 0 Å². The first kappa shape index (κ1) is 24.0. The Labute approximate surface area is 190 Å². The molecule has 6 nitrogen and oxygen atoms in total.